The van der Waals surface area contributed by atoms with Crippen molar-refractivity contribution in [3.05, 3.63) is 78.4 Å². The molecule has 0 bridgehead atoms. The number of nitrogens with zero attached hydrogens (tertiary/aromatic N) is 5. The highest BCUT2D eigenvalue weighted by atomic mass is 19.4. The van der Waals surface area contributed by atoms with Gasteiger partial charge in [0.2, 0.25) is 5.91 Å². The van der Waals surface area contributed by atoms with Gasteiger partial charge in [-0.1, -0.05) is 30.8 Å². The van der Waals surface area contributed by atoms with Crippen molar-refractivity contribution < 1.29 is 31.9 Å². The van der Waals surface area contributed by atoms with Gasteiger partial charge in [0.1, 0.15) is 29.4 Å². The Kier molecular flexibility index (Phi) is 7.79. The number of aromatic nitrogens is 4. The summed E-state index contributed by atoms with van der Waals surface area (Å²) < 4.78 is 57.2. The molecular formula is C28H25F4N7O3. The van der Waals surface area contributed by atoms with Gasteiger partial charge in [0.25, 0.3) is 5.91 Å². The van der Waals surface area contributed by atoms with Crippen LogP contribution in [0.25, 0.3) is 22.3 Å². The molecule has 1 aliphatic rings. The predicted octanol–water partition coefficient (Wildman–Crippen LogP) is 4.39. The molecule has 2 amide bonds. The maximum Gasteiger partial charge on any atom is 0.573 e. The second-order valence-corrected chi connectivity index (χ2v) is 9.60. The Bertz CT molecular complexity index is 1650. The summed E-state index contributed by atoms with van der Waals surface area (Å²) in [5, 5.41) is 7.89. The van der Waals surface area contributed by atoms with Gasteiger partial charge in [-0.15, -0.1) is 13.2 Å². The monoisotopic (exact) mass is 583 g/mol. The van der Waals surface area contributed by atoms with Crippen molar-refractivity contribution in [3.8, 4) is 17.0 Å². The number of nitrogens with one attached hydrogen (secondary N) is 1. The molecule has 1 unspecified atom stereocenters. The first-order valence-corrected chi connectivity index (χ1v) is 12.9. The molecule has 2 aromatic carbocycles. The lowest BCUT2D eigenvalue weighted by Crippen LogP contribution is -2.40. The molecule has 5 rings (SSSR count). The van der Waals surface area contributed by atoms with Gasteiger partial charge >= 0.3 is 6.36 Å². The van der Waals surface area contributed by atoms with Crippen LogP contribution in [-0.4, -0.2) is 55.9 Å². The lowest BCUT2D eigenvalue weighted by Gasteiger charge is -2.32. The van der Waals surface area contributed by atoms with Crippen molar-refractivity contribution in [3.63, 3.8) is 0 Å². The highest BCUT2D eigenvalue weighted by Crippen LogP contribution is 2.34. The summed E-state index contributed by atoms with van der Waals surface area (Å²) in [4.78, 5) is 35.1. The normalized spacial score (nSPS) is 15.4. The number of alkyl halides is 3. The Morgan fingerprint density at radius 2 is 1.93 bits per heavy atom. The van der Waals surface area contributed by atoms with Crippen molar-refractivity contribution >= 4 is 28.7 Å². The van der Waals surface area contributed by atoms with E-state index in [0.717, 1.165) is 25.0 Å². The summed E-state index contributed by atoms with van der Waals surface area (Å²) >= 11 is 0. The van der Waals surface area contributed by atoms with E-state index in [1.54, 1.807) is 33.8 Å². The number of hydrogen-bond acceptors (Lipinski definition) is 7. The van der Waals surface area contributed by atoms with Gasteiger partial charge in [0.15, 0.2) is 5.65 Å². The van der Waals surface area contributed by atoms with E-state index in [4.69, 9.17) is 10.8 Å². The number of nitrogens with two attached hydrogens (primary N) is 1. The lowest BCUT2D eigenvalue weighted by atomic mass is 10.1. The molecule has 1 atom stereocenters. The second-order valence-electron chi connectivity index (χ2n) is 9.60. The van der Waals surface area contributed by atoms with Crippen molar-refractivity contribution in [1.82, 2.24) is 30.0 Å². The summed E-state index contributed by atoms with van der Waals surface area (Å²) in [6.45, 7) is 4.60. The minimum Gasteiger partial charge on any atom is -0.405 e. The number of rotatable bonds is 7. The molecule has 0 saturated carbocycles. The zero-order chi connectivity index (χ0) is 30.0. The number of hydrogen-bond donors (Lipinski definition) is 2. The van der Waals surface area contributed by atoms with E-state index in [9.17, 15) is 27.2 Å². The van der Waals surface area contributed by atoms with E-state index < -0.39 is 29.4 Å². The van der Waals surface area contributed by atoms with Crippen LogP contribution >= 0.6 is 0 Å². The topological polar surface area (TPSA) is 128 Å². The van der Waals surface area contributed by atoms with Crippen molar-refractivity contribution in [2.45, 2.75) is 31.8 Å². The first-order valence-electron chi connectivity index (χ1n) is 12.9. The molecular weight excluding hydrogens is 558 g/mol. The van der Waals surface area contributed by atoms with Gasteiger partial charge in [-0.2, -0.15) is 5.10 Å². The molecule has 0 spiro atoms. The van der Waals surface area contributed by atoms with Crippen LogP contribution in [0.2, 0.25) is 0 Å². The van der Waals surface area contributed by atoms with Crippen LogP contribution in [-0.2, 0) is 11.3 Å². The first-order chi connectivity index (χ1) is 20.0. The van der Waals surface area contributed by atoms with Gasteiger partial charge in [0, 0.05) is 31.3 Å². The van der Waals surface area contributed by atoms with Crippen molar-refractivity contribution in [1.29, 1.82) is 0 Å². The van der Waals surface area contributed by atoms with E-state index in [2.05, 4.69) is 26.6 Å². The van der Waals surface area contributed by atoms with E-state index in [-0.39, 0.29) is 24.3 Å². The Morgan fingerprint density at radius 3 is 2.64 bits per heavy atom. The number of anilines is 1. The highest BCUT2D eigenvalue weighted by Gasteiger charge is 2.33. The molecule has 0 radical (unpaired) electrons. The number of ether oxygens (including phenoxy) is 1. The van der Waals surface area contributed by atoms with E-state index in [0.29, 0.717) is 47.0 Å². The molecule has 1 saturated heterocycles. The molecule has 1 fully saturated rings. The summed E-state index contributed by atoms with van der Waals surface area (Å²) in [5.41, 5.74) is 8.14. The standard InChI is InChI=1S/C28H25F4N7O3/c1-2-22(40)38-11-3-4-19(14-38)39-26-23(25(33)35-15-36-26)24(37-39)17-7-5-16(6-8-17)13-34-27(41)20-10-9-18(29)12-21(20)42-28(30,31)32/h2,5-10,12,15,19H,1,3-4,11,13-14H2,(H,34,41)(H2,33,35,36). The SMILES string of the molecule is C=CC(=O)N1CCCC(n2nc(-c3ccc(CNC(=O)c4ccc(F)cc4OC(F)(F)F)cc3)c3c(N)ncnc32)C1. The second kappa shape index (κ2) is 11.5. The third kappa shape index (κ3) is 6.01. The summed E-state index contributed by atoms with van der Waals surface area (Å²) in [5.74, 6) is -2.70. The van der Waals surface area contributed by atoms with Gasteiger partial charge in [-0.3, -0.25) is 9.59 Å². The van der Waals surface area contributed by atoms with Crippen molar-refractivity contribution in [2.24, 2.45) is 0 Å². The van der Waals surface area contributed by atoms with Crippen LogP contribution in [0, 0.1) is 5.82 Å². The molecule has 42 heavy (non-hydrogen) atoms. The summed E-state index contributed by atoms with van der Waals surface area (Å²) in [7, 11) is 0. The van der Waals surface area contributed by atoms with Crippen LogP contribution in [0.3, 0.4) is 0 Å². The minimum atomic E-state index is -5.09. The van der Waals surface area contributed by atoms with Gasteiger partial charge < -0.3 is 20.7 Å². The number of halogens is 4. The number of piperidine rings is 1. The van der Waals surface area contributed by atoms with Crippen LogP contribution in [0.5, 0.6) is 5.75 Å². The predicted molar refractivity (Wildman–Crippen MR) is 144 cm³/mol. The number of nitrogen functional groups attached to an aromatic ring is 1. The third-order valence-electron chi connectivity index (χ3n) is 6.84. The molecule has 3 heterocycles. The lowest BCUT2D eigenvalue weighted by molar-refractivity contribution is -0.274. The average Bonchev–Trinajstić information content (AvgIpc) is 3.36. The largest absolute Gasteiger partial charge is 0.573 e. The van der Waals surface area contributed by atoms with Crippen LogP contribution in [0.1, 0.15) is 34.8 Å². The van der Waals surface area contributed by atoms with Crippen molar-refractivity contribution in [2.75, 3.05) is 18.8 Å². The zero-order valence-electron chi connectivity index (χ0n) is 22.1. The number of carbonyl (C=O) groups excluding carboxylic acids is 2. The van der Waals surface area contributed by atoms with Crippen LogP contribution in [0.4, 0.5) is 23.4 Å². The maximum absolute atomic E-state index is 13.5. The van der Waals surface area contributed by atoms with Gasteiger partial charge in [-0.25, -0.2) is 19.0 Å². The molecule has 2 aromatic heterocycles. The molecule has 10 nitrogen and oxygen atoms in total. The molecule has 1 aliphatic heterocycles. The highest BCUT2D eigenvalue weighted by molar-refractivity contribution is 5.98. The molecule has 0 aliphatic carbocycles. The Balaban J connectivity index is 1.36. The quantitative estimate of drug-likeness (QED) is 0.244. The van der Waals surface area contributed by atoms with E-state index >= 15 is 0 Å². The minimum absolute atomic E-state index is 0.0301. The number of likely N-dealkylation sites (tertiary alicyclic amines) is 1. The number of benzene rings is 2. The Morgan fingerprint density at radius 1 is 1.17 bits per heavy atom. The molecule has 14 heteroatoms. The molecule has 4 aromatic rings. The Labute approximate surface area is 236 Å². The summed E-state index contributed by atoms with van der Waals surface area (Å²) in [6.07, 6.45) is -0.891. The number of fused-ring (bicyclic) bond motifs is 1. The fraction of sp³-hybridized carbons (Fsp3) is 0.250. The number of amides is 2. The van der Waals surface area contributed by atoms with Gasteiger partial charge in [-0.05, 0) is 36.6 Å². The fourth-order valence-corrected chi connectivity index (χ4v) is 4.89. The molecule has 3 N–H and O–H groups in total. The van der Waals surface area contributed by atoms with E-state index in [1.165, 1.54) is 12.4 Å². The summed E-state index contributed by atoms with van der Waals surface area (Å²) in [6, 6.07) is 9.08. The fourth-order valence-electron chi connectivity index (χ4n) is 4.89. The van der Waals surface area contributed by atoms with Gasteiger partial charge in [0.05, 0.1) is 17.0 Å². The maximum atomic E-state index is 13.5. The first kappa shape index (κ1) is 28.5. The Hall–Kier alpha value is -5.01. The number of carbonyl (C=O) groups is 2. The van der Waals surface area contributed by atoms with Crippen LogP contribution < -0.4 is 15.8 Å². The zero-order valence-corrected chi connectivity index (χ0v) is 22.1. The smallest absolute Gasteiger partial charge is 0.405 e. The molecule has 218 valence electrons. The van der Waals surface area contributed by atoms with Crippen LogP contribution in [0.15, 0.2) is 61.4 Å². The third-order valence-corrected chi connectivity index (χ3v) is 6.84. The average molecular weight is 584 g/mol. The van der Waals surface area contributed by atoms with E-state index in [1.807, 2.05) is 0 Å².